The van der Waals surface area contributed by atoms with E-state index in [1.165, 1.54) is 13.8 Å². The summed E-state index contributed by atoms with van der Waals surface area (Å²) < 4.78 is 25.6. The fourth-order valence-corrected chi connectivity index (χ4v) is 1.64. The molecule has 5 heteroatoms. The Labute approximate surface area is 86.4 Å². The molecule has 0 fully saturated rings. The monoisotopic (exact) mass is 217 g/mol. The second kappa shape index (κ2) is 4.63. The van der Waals surface area contributed by atoms with Crippen molar-refractivity contribution >= 4 is 0 Å². The van der Waals surface area contributed by atoms with E-state index in [9.17, 15) is 19.0 Å². The van der Waals surface area contributed by atoms with Crippen LogP contribution in [0.1, 0.15) is 25.3 Å². The summed E-state index contributed by atoms with van der Waals surface area (Å²) >= 11 is 0. The normalized spacial score (nSPS) is 17.2. The largest absolute Gasteiger partial charge is 0.393 e. The summed E-state index contributed by atoms with van der Waals surface area (Å²) in [6, 6.07) is 2.01. The molecular formula is C10H13F2NO2. The van der Waals surface area contributed by atoms with Gasteiger partial charge in [-0.2, -0.15) is 13.8 Å². The highest BCUT2D eigenvalue weighted by atomic mass is 19.1. The maximum Gasteiger partial charge on any atom is 0.215 e. The van der Waals surface area contributed by atoms with E-state index in [2.05, 4.69) is 4.98 Å². The summed E-state index contributed by atoms with van der Waals surface area (Å²) in [6.07, 6.45) is -1.79. The van der Waals surface area contributed by atoms with E-state index in [-0.39, 0.29) is 5.56 Å². The van der Waals surface area contributed by atoms with Crippen molar-refractivity contribution in [2.45, 2.75) is 32.0 Å². The van der Waals surface area contributed by atoms with Crippen LogP contribution in [0.2, 0.25) is 0 Å². The molecule has 0 bridgehead atoms. The number of aliphatic hydroxyl groups excluding tert-OH is 2. The van der Waals surface area contributed by atoms with Gasteiger partial charge in [-0.05, 0) is 31.5 Å². The maximum atomic E-state index is 12.8. The second-order valence-corrected chi connectivity index (χ2v) is 3.55. The van der Waals surface area contributed by atoms with Crippen LogP contribution in [0.3, 0.4) is 0 Å². The van der Waals surface area contributed by atoms with Gasteiger partial charge in [0.25, 0.3) is 0 Å². The molecule has 84 valence electrons. The number of nitrogens with zero attached hydrogens (tertiary/aromatic N) is 1. The minimum absolute atomic E-state index is 0.199. The summed E-state index contributed by atoms with van der Waals surface area (Å²) in [5, 5.41) is 18.8. The van der Waals surface area contributed by atoms with Crippen molar-refractivity contribution < 1.29 is 19.0 Å². The SMILES string of the molecule is CC(O)C(c1cc(F)nc(F)c1)C(C)O. The standard InChI is InChI=1S/C10H13F2NO2/c1-5(14)10(6(2)15)7-3-8(11)13-9(12)4-7/h3-6,10,14-15H,1-2H3. The second-order valence-electron chi connectivity index (χ2n) is 3.55. The molecule has 0 saturated heterocycles. The number of hydrogen-bond acceptors (Lipinski definition) is 3. The molecule has 0 radical (unpaired) electrons. The van der Waals surface area contributed by atoms with Gasteiger partial charge in [0, 0.05) is 5.92 Å². The van der Waals surface area contributed by atoms with Gasteiger partial charge in [0.2, 0.25) is 11.9 Å². The molecule has 3 nitrogen and oxygen atoms in total. The fraction of sp³-hybridized carbons (Fsp3) is 0.500. The molecule has 15 heavy (non-hydrogen) atoms. The van der Waals surface area contributed by atoms with Crippen molar-refractivity contribution in [2.24, 2.45) is 0 Å². The van der Waals surface area contributed by atoms with Gasteiger partial charge in [-0.25, -0.2) is 0 Å². The Kier molecular flexibility index (Phi) is 3.71. The minimum atomic E-state index is -0.962. The van der Waals surface area contributed by atoms with Crippen LogP contribution in [0, 0.1) is 11.9 Å². The number of aliphatic hydroxyl groups is 2. The zero-order valence-electron chi connectivity index (χ0n) is 8.48. The van der Waals surface area contributed by atoms with Crippen LogP contribution < -0.4 is 0 Å². The maximum absolute atomic E-state index is 12.8. The van der Waals surface area contributed by atoms with Crippen LogP contribution in [0.25, 0.3) is 0 Å². The van der Waals surface area contributed by atoms with Crippen LogP contribution in [0.5, 0.6) is 0 Å². The first-order valence-corrected chi connectivity index (χ1v) is 4.61. The van der Waals surface area contributed by atoms with Gasteiger partial charge in [0.05, 0.1) is 12.2 Å². The molecule has 0 amide bonds. The fourth-order valence-electron chi connectivity index (χ4n) is 1.64. The Morgan fingerprint density at radius 2 is 1.47 bits per heavy atom. The van der Waals surface area contributed by atoms with E-state index >= 15 is 0 Å². The van der Waals surface area contributed by atoms with Crippen LogP contribution >= 0.6 is 0 Å². The number of hydrogen-bond donors (Lipinski definition) is 2. The number of pyridine rings is 1. The highest BCUT2D eigenvalue weighted by Gasteiger charge is 2.24. The molecule has 0 saturated carbocycles. The van der Waals surface area contributed by atoms with E-state index in [4.69, 9.17) is 0 Å². The molecule has 1 heterocycles. The highest BCUT2D eigenvalue weighted by molar-refractivity contribution is 5.19. The third-order valence-electron chi connectivity index (χ3n) is 2.21. The molecule has 1 aromatic rings. The Balaban J connectivity index is 3.11. The average molecular weight is 217 g/mol. The van der Waals surface area contributed by atoms with Crippen LogP contribution in [0.15, 0.2) is 12.1 Å². The number of aromatic nitrogens is 1. The minimum Gasteiger partial charge on any atom is -0.393 e. The van der Waals surface area contributed by atoms with E-state index in [0.717, 1.165) is 12.1 Å². The molecule has 0 aliphatic rings. The van der Waals surface area contributed by atoms with Crippen molar-refractivity contribution in [1.82, 2.24) is 4.98 Å². The van der Waals surface area contributed by atoms with Crippen molar-refractivity contribution in [3.8, 4) is 0 Å². The van der Waals surface area contributed by atoms with E-state index in [1.807, 2.05) is 0 Å². The predicted molar refractivity (Wildman–Crippen MR) is 50.3 cm³/mol. The van der Waals surface area contributed by atoms with Crippen LogP contribution in [-0.4, -0.2) is 27.4 Å². The quantitative estimate of drug-likeness (QED) is 0.748. The summed E-state index contributed by atoms with van der Waals surface area (Å²) in [5.41, 5.74) is 0.199. The number of halogens is 2. The lowest BCUT2D eigenvalue weighted by molar-refractivity contribution is 0.0726. The van der Waals surface area contributed by atoms with Crippen LogP contribution in [-0.2, 0) is 0 Å². The zero-order valence-corrected chi connectivity index (χ0v) is 8.48. The molecule has 2 N–H and O–H groups in total. The first kappa shape index (κ1) is 12.0. The Hall–Kier alpha value is -1.07. The van der Waals surface area contributed by atoms with E-state index < -0.39 is 30.0 Å². The van der Waals surface area contributed by atoms with Gasteiger partial charge in [0.1, 0.15) is 0 Å². The van der Waals surface area contributed by atoms with E-state index in [0.29, 0.717) is 0 Å². The lowest BCUT2D eigenvalue weighted by Crippen LogP contribution is -2.25. The summed E-state index contributed by atoms with van der Waals surface area (Å²) in [4.78, 5) is 2.94. The number of rotatable bonds is 3. The van der Waals surface area contributed by atoms with Crippen molar-refractivity contribution in [3.63, 3.8) is 0 Å². The smallest absolute Gasteiger partial charge is 0.215 e. The molecule has 0 spiro atoms. The molecule has 1 rings (SSSR count). The average Bonchev–Trinajstić information content (AvgIpc) is 1.99. The van der Waals surface area contributed by atoms with Gasteiger partial charge in [-0.1, -0.05) is 0 Å². The van der Waals surface area contributed by atoms with Gasteiger partial charge in [-0.15, -0.1) is 0 Å². The molecule has 1 aromatic heterocycles. The van der Waals surface area contributed by atoms with Crippen molar-refractivity contribution in [2.75, 3.05) is 0 Å². The Bertz CT molecular complexity index is 314. The predicted octanol–water partition coefficient (Wildman–Crippen LogP) is 1.21. The first-order chi connectivity index (χ1) is 6.91. The Morgan fingerprint density at radius 3 is 1.80 bits per heavy atom. The van der Waals surface area contributed by atoms with Gasteiger partial charge in [-0.3, -0.25) is 0 Å². The first-order valence-electron chi connectivity index (χ1n) is 4.61. The van der Waals surface area contributed by atoms with Gasteiger partial charge < -0.3 is 10.2 Å². The highest BCUT2D eigenvalue weighted by Crippen LogP contribution is 2.24. The molecule has 0 aromatic carbocycles. The summed E-state index contributed by atoms with van der Waals surface area (Å²) in [6.45, 7) is 2.90. The summed E-state index contributed by atoms with van der Waals surface area (Å²) in [5.74, 6) is -2.65. The molecule has 2 unspecified atom stereocenters. The van der Waals surface area contributed by atoms with E-state index in [1.54, 1.807) is 0 Å². The third kappa shape index (κ3) is 2.94. The molecule has 0 aliphatic heterocycles. The third-order valence-corrected chi connectivity index (χ3v) is 2.21. The molecule has 2 atom stereocenters. The molecule has 0 aliphatic carbocycles. The van der Waals surface area contributed by atoms with Crippen LogP contribution in [0.4, 0.5) is 8.78 Å². The van der Waals surface area contributed by atoms with Crippen molar-refractivity contribution in [3.05, 3.63) is 29.6 Å². The van der Waals surface area contributed by atoms with Crippen molar-refractivity contribution in [1.29, 1.82) is 0 Å². The molecular weight excluding hydrogens is 204 g/mol. The van der Waals surface area contributed by atoms with Gasteiger partial charge in [0.15, 0.2) is 0 Å². The summed E-state index contributed by atoms with van der Waals surface area (Å²) in [7, 11) is 0. The topological polar surface area (TPSA) is 53.4 Å². The lowest BCUT2D eigenvalue weighted by atomic mass is 9.90. The lowest BCUT2D eigenvalue weighted by Gasteiger charge is -2.23. The zero-order chi connectivity index (χ0) is 11.6. The Morgan fingerprint density at radius 1 is 1.07 bits per heavy atom. The van der Waals surface area contributed by atoms with Gasteiger partial charge >= 0.3 is 0 Å².